The topological polar surface area (TPSA) is 90.0 Å². The van der Waals surface area contributed by atoms with Crippen molar-refractivity contribution in [3.63, 3.8) is 0 Å². The minimum absolute atomic E-state index is 0.0319. The third kappa shape index (κ3) is 7.35. The standard InChI is InChI=1S/C23H23F4NO6S/c1-4-33-21(30)16-9-7-6-8-15(16)12-28(20(29)22(31)34-5-2)18-11-19(14(3)10-17(18)24)35(32)13-23(25,26)27/h6-11H,4-5,12-13H2,1-3H3. The van der Waals surface area contributed by atoms with Crippen molar-refractivity contribution in [2.75, 3.05) is 23.9 Å². The average molecular weight is 517 g/mol. The monoisotopic (exact) mass is 517 g/mol. The Morgan fingerprint density at radius 3 is 2.26 bits per heavy atom. The number of hydrogen-bond donors (Lipinski definition) is 0. The molecule has 7 nitrogen and oxygen atoms in total. The fourth-order valence-electron chi connectivity index (χ4n) is 3.13. The Morgan fingerprint density at radius 1 is 1.03 bits per heavy atom. The summed E-state index contributed by atoms with van der Waals surface area (Å²) in [5, 5.41) is 0. The molecule has 0 aliphatic carbocycles. The molecule has 1 unspecified atom stereocenters. The van der Waals surface area contributed by atoms with Gasteiger partial charge in [-0.1, -0.05) is 18.2 Å². The van der Waals surface area contributed by atoms with Gasteiger partial charge in [0, 0.05) is 4.90 Å². The van der Waals surface area contributed by atoms with Gasteiger partial charge in [-0.2, -0.15) is 13.2 Å². The van der Waals surface area contributed by atoms with Crippen molar-refractivity contribution in [2.24, 2.45) is 0 Å². The van der Waals surface area contributed by atoms with Gasteiger partial charge in [-0.3, -0.25) is 13.9 Å². The van der Waals surface area contributed by atoms with E-state index < -0.39 is 58.6 Å². The van der Waals surface area contributed by atoms with Gasteiger partial charge in [0.25, 0.3) is 0 Å². The molecule has 0 radical (unpaired) electrons. The number of aryl methyl sites for hydroxylation is 1. The Labute approximate surface area is 201 Å². The molecule has 12 heteroatoms. The highest BCUT2D eigenvalue weighted by atomic mass is 32.2. The van der Waals surface area contributed by atoms with E-state index >= 15 is 4.39 Å². The van der Waals surface area contributed by atoms with Crippen LogP contribution in [0.3, 0.4) is 0 Å². The SMILES string of the molecule is CCOC(=O)C(=O)N(Cc1ccccc1C(=O)OCC)c1cc(S(=O)CC(F)(F)F)c(C)cc1F. The average Bonchev–Trinajstić information content (AvgIpc) is 2.76. The van der Waals surface area contributed by atoms with Gasteiger partial charge < -0.3 is 9.47 Å². The smallest absolute Gasteiger partial charge is 0.400 e. The molecule has 0 saturated heterocycles. The van der Waals surface area contributed by atoms with Gasteiger partial charge in [-0.15, -0.1) is 0 Å². The lowest BCUT2D eigenvalue weighted by Gasteiger charge is -2.24. The van der Waals surface area contributed by atoms with Gasteiger partial charge in [0.15, 0.2) is 0 Å². The molecule has 35 heavy (non-hydrogen) atoms. The van der Waals surface area contributed by atoms with Crippen molar-refractivity contribution in [1.29, 1.82) is 0 Å². The summed E-state index contributed by atoms with van der Waals surface area (Å²) < 4.78 is 75.5. The molecule has 2 aromatic carbocycles. The Kier molecular flexibility index (Phi) is 9.52. The Morgan fingerprint density at radius 2 is 1.66 bits per heavy atom. The van der Waals surface area contributed by atoms with E-state index in [-0.39, 0.29) is 34.8 Å². The maximum Gasteiger partial charge on any atom is 0.400 e. The Balaban J connectivity index is 2.63. The lowest BCUT2D eigenvalue weighted by molar-refractivity contribution is -0.153. The number of amides is 1. The van der Waals surface area contributed by atoms with Crippen molar-refractivity contribution >= 4 is 34.3 Å². The van der Waals surface area contributed by atoms with E-state index in [0.717, 1.165) is 12.1 Å². The quantitative estimate of drug-likeness (QED) is 0.298. The summed E-state index contributed by atoms with van der Waals surface area (Å²) in [6, 6.07) is 7.54. The van der Waals surface area contributed by atoms with Gasteiger partial charge in [-0.05, 0) is 50.1 Å². The van der Waals surface area contributed by atoms with Crippen LogP contribution in [0.25, 0.3) is 0 Å². The number of alkyl halides is 3. The maximum absolute atomic E-state index is 15.0. The summed E-state index contributed by atoms with van der Waals surface area (Å²) in [7, 11) is -2.61. The van der Waals surface area contributed by atoms with E-state index in [1.807, 2.05) is 0 Å². The molecule has 0 saturated carbocycles. The lowest BCUT2D eigenvalue weighted by Crippen LogP contribution is -2.38. The molecular weight excluding hydrogens is 494 g/mol. The molecule has 2 rings (SSSR count). The molecule has 2 aromatic rings. The van der Waals surface area contributed by atoms with Crippen LogP contribution in [0.15, 0.2) is 41.3 Å². The summed E-state index contributed by atoms with van der Waals surface area (Å²) in [5.74, 6) is -6.15. The fourth-order valence-corrected chi connectivity index (χ4v) is 4.24. The molecule has 0 aliphatic heterocycles. The molecule has 0 aliphatic rings. The van der Waals surface area contributed by atoms with Crippen LogP contribution < -0.4 is 4.90 Å². The molecular formula is C23H23F4NO6S. The number of halogens is 4. The first-order valence-electron chi connectivity index (χ1n) is 10.4. The molecule has 0 aromatic heterocycles. The van der Waals surface area contributed by atoms with Crippen LogP contribution >= 0.6 is 0 Å². The summed E-state index contributed by atoms with van der Waals surface area (Å²) >= 11 is 0. The van der Waals surface area contributed by atoms with Crippen LogP contribution in [0.5, 0.6) is 0 Å². The number of benzene rings is 2. The first-order chi connectivity index (χ1) is 16.4. The minimum atomic E-state index is -4.76. The van der Waals surface area contributed by atoms with Crippen molar-refractivity contribution in [2.45, 2.75) is 38.4 Å². The molecule has 0 fully saturated rings. The zero-order valence-corrected chi connectivity index (χ0v) is 19.9. The second kappa shape index (κ2) is 11.9. The van der Waals surface area contributed by atoms with Crippen molar-refractivity contribution in [3.8, 4) is 0 Å². The number of esters is 2. The fraction of sp³-hybridized carbons (Fsp3) is 0.348. The van der Waals surface area contributed by atoms with Crippen LogP contribution in [-0.2, 0) is 36.4 Å². The molecule has 0 heterocycles. The van der Waals surface area contributed by atoms with Gasteiger partial charge in [-0.25, -0.2) is 14.0 Å². The number of hydrogen-bond acceptors (Lipinski definition) is 6. The number of nitrogens with zero attached hydrogens (tertiary/aromatic N) is 1. The number of anilines is 1. The minimum Gasteiger partial charge on any atom is -0.462 e. The van der Waals surface area contributed by atoms with Gasteiger partial charge in [0.2, 0.25) is 0 Å². The van der Waals surface area contributed by atoms with Crippen LogP contribution in [0.2, 0.25) is 0 Å². The van der Waals surface area contributed by atoms with E-state index in [9.17, 15) is 31.8 Å². The van der Waals surface area contributed by atoms with E-state index in [2.05, 4.69) is 0 Å². The Hall–Kier alpha value is -3.28. The third-order valence-corrected chi connectivity index (χ3v) is 6.13. The second-order valence-electron chi connectivity index (χ2n) is 7.16. The third-order valence-electron chi connectivity index (χ3n) is 4.61. The predicted octanol–water partition coefficient (Wildman–Crippen LogP) is 4.08. The van der Waals surface area contributed by atoms with E-state index in [0.29, 0.717) is 4.90 Å². The lowest BCUT2D eigenvalue weighted by atomic mass is 10.1. The van der Waals surface area contributed by atoms with E-state index in [1.165, 1.54) is 38.1 Å². The van der Waals surface area contributed by atoms with Crippen LogP contribution in [-0.4, -0.2) is 47.2 Å². The van der Waals surface area contributed by atoms with Gasteiger partial charge >= 0.3 is 24.0 Å². The summed E-state index contributed by atoms with van der Waals surface area (Å²) in [4.78, 5) is 37.7. The highest BCUT2D eigenvalue weighted by Crippen LogP contribution is 2.30. The maximum atomic E-state index is 15.0. The normalized spacial score (nSPS) is 12.1. The molecule has 1 amide bonds. The summed E-state index contributed by atoms with van der Waals surface area (Å²) in [6.45, 7) is 3.65. The zero-order valence-electron chi connectivity index (χ0n) is 19.1. The first-order valence-corrected chi connectivity index (χ1v) is 11.7. The number of carbonyl (C=O) groups excluding carboxylic acids is 3. The molecule has 1 atom stereocenters. The van der Waals surface area contributed by atoms with Crippen LogP contribution in [0, 0.1) is 12.7 Å². The zero-order chi connectivity index (χ0) is 26.3. The number of carbonyl (C=O) groups is 3. The summed E-state index contributed by atoms with van der Waals surface area (Å²) in [5.41, 5.74) is -0.437. The molecule has 0 bridgehead atoms. The highest BCUT2D eigenvalue weighted by molar-refractivity contribution is 7.85. The predicted molar refractivity (Wildman–Crippen MR) is 119 cm³/mol. The first kappa shape index (κ1) is 28.0. The van der Waals surface area contributed by atoms with Crippen LogP contribution in [0.4, 0.5) is 23.2 Å². The van der Waals surface area contributed by atoms with Gasteiger partial charge in [0.05, 0.1) is 41.8 Å². The van der Waals surface area contributed by atoms with E-state index in [1.54, 1.807) is 6.92 Å². The highest BCUT2D eigenvalue weighted by Gasteiger charge is 2.33. The molecule has 0 spiro atoms. The van der Waals surface area contributed by atoms with Crippen molar-refractivity contribution < 1.29 is 45.6 Å². The van der Waals surface area contributed by atoms with Crippen LogP contribution in [0.1, 0.15) is 35.3 Å². The summed E-state index contributed by atoms with van der Waals surface area (Å²) in [6.07, 6.45) is -4.76. The van der Waals surface area contributed by atoms with Crippen molar-refractivity contribution in [3.05, 3.63) is 58.9 Å². The number of ether oxygens (including phenoxy) is 2. The van der Waals surface area contributed by atoms with Crippen molar-refractivity contribution in [1.82, 2.24) is 0 Å². The number of rotatable bonds is 8. The molecule has 190 valence electrons. The Bertz CT molecular complexity index is 1140. The largest absolute Gasteiger partial charge is 0.462 e. The van der Waals surface area contributed by atoms with Gasteiger partial charge in [0.1, 0.15) is 11.6 Å². The molecule has 0 N–H and O–H groups in total. The second-order valence-corrected chi connectivity index (χ2v) is 8.58. The van der Waals surface area contributed by atoms with E-state index in [4.69, 9.17) is 9.47 Å².